The van der Waals surface area contributed by atoms with Crippen LogP contribution in [0.2, 0.25) is 5.02 Å². The lowest BCUT2D eigenvalue weighted by Crippen LogP contribution is -1.74. The molecule has 0 aliphatic rings. The van der Waals surface area contributed by atoms with Gasteiger partial charge >= 0.3 is 0 Å². The molecule has 0 saturated carbocycles. The first-order valence-electron chi connectivity index (χ1n) is 4.05. The van der Waals surface area contributed by atoms with Gasteiger partial charge in [0.1, 0.15) is 9.61 Å². The van der Waals surface area contributed by atoms with E-state index in [2.05, 4.69) is 20.9 Å². The minimum Gasteiger partial charge on any atom is -0.229 e. The fourth-order valence-electron chi connectivity index (χ4n) is 1.12. The maximum absolute atomic E-state index is 5.91. The van der Waals surface area contributed by atoms with Crippen molar-refractivity contribution in [2.24, 2.45) is 0 Å². The quantitative estimate of drug-likeness (QED) is 0.751. The van der Waals surface area contributed by atoms with E-state index in [0.717, 1.165) is 20.2 Å². The summed E-state index contributed by atoms with van der Waals surface area (Å²) >= 11 is 11.0. The molecule has 1 aromatic carbocycles. The molecule has 2 aromatic rings. The molecule has 0 saturated heterocycles. The number of rotatable bonds is 1. The zero-order chi connectivity index (χ0) is 10.1. The molecule has 0 aliphatic carbocycles. The first-order chi connectivity index (χ1) is 6.66. The number of aryl methyl sites for hydroxylation is 1. The highest BCUT2D eigenvalue weighted by atomic mass is 79.9. The van der Waals surface area contributed by atoms with Crippen LogP contribution in [-0.4, -0.2) is 4.98 Å². The highest BCUT2D eigenvalue weighted by Gasteiger charge is 2.06. The Bertz CT molecular complexity index is 447. The molecule has 72 valence electrons. The molecule has 14 heavy (non-hydrogen) atoms. The van der Waals surface area contributed by atoms with Crippen molar-refractivity contribution in [1.29, 1.82) is 0 Å². The van der Waals surface area contributed by atoms with Crippen LogP contribution in [0.25, 0.3) is 10.6 Å². The maximum atomic E-state index is 5.91. The number of aromatic nitrogens is 1. The summed E-state index contributed by atoms with van der Waals surface area (Å²) in [7, 11) is 0. The first kappa shape index (κ1) is 10.1. The van der Waals surface area contributed by atoms with Crippen molar-refractivity contribution in [3.63, 3.8) is 0 Å². The Balaban J connectivity index is 2.49. The third kappa shape index (κ3) is 2.00. The highest BCUT2D eigenvalue weighted by molar-refractivity contribution is 9.10. The molecule has 4 heteroatoms. The molecule has 2 rings (SSSR count). The largest absolute Gasteiger partial charge is 0.229 e. The van der Waals surface area contributed by atoms with Crippen molar-refractivity contribution in [2.45, 2.75) is 6.92 Å². The Kier molecular flexibility index (Phi) is 2.91. The third-order valence-corrected chi connectivity index (χ3v) is 4.10. The van der Waals surface area contributed by atoms with Crippen LogP contribution in [0.1, 0.15) is 4.88 Å². The molecule has 0 aliphatic heterocycles. The van der Waals surface area contributed by atoms with Gasteiger partial charge < -0.3 is 0 Å². The van der Waals surface area contributed by atoms with Crippen molar-refractivity contribution in [3.05, 3.63) is 38.8 Å². The number of thiazole rings is 1. The molecule has 0 radical (unpaired) electrons. The van der Waals surface area contributed by atoms with Gasteiger partial charge in [0, 0.05) is 15.5 Å². The average Bonchev–Trinajstić information content (AvgIpc) is 2.47. The van der Waals surface area contributed by atoms with E-state index < -0.39 is 0 Å². The molecule has 0 fully saturated rings. The molecule has 0 spiro atoms. The van der Waals surface area contributed by atoms with Crippen LogP contribution in [0.15, 0.2) is 28.9 Å². The Morgan fingerprint density at radius 3 is 2.79 bits per heavy atom. The third-order valence-electron chi connectivity index (χ3n) is 1.81. The highest BCUT2D eigenvalue weighted by Crippen LogP contribution is 2.31. The minimum atomic E-state index is 0.742. The number of hydrogen-bond acceptors (Lipinski definition) is 2. The number of benzene rings is 1. The summed E-state index contributed by atoms with van der Waals surface area (Å²) in [6.45, 7) is 2.04. The summed E-state index contributed by atoms with van der Waals surface area (Å²) in [5.41, 5.74) is 1.07. The summed E-state index contributed by atoms with van der Waals surface area (Å²) < 4.78 is 0.914. The second-order valence-corrected chi connectivity index (χ2v) is 5.27. The van der Waals surface area contributed by atoms with E-state index in [9.17, 15) is 0 Å². The molecule has 1 nitrogen and oxygen atoms in total. The van der Waals surface area contributed by atoms with Gasteiger partial charge in [-0.3, -0.25) is 0 Å². The van der Waals surface area contributed by atoms with Crippen molar-refractivity contribution in [1.82, 2.24) is 4.98 Å². The van der Waals surface area contributed by atoms with E-state index in [-0.39, 0.29) is 0 Å². The van der Waals surface area contributed by atoms with Gasteiger partial charge in [0.25, 0.3) is 0 Å². The van der Waals surface area contributed by atoms with Crippen molar-refractivity contribution >= 4 is 38.9 Å². The van der Waals surface area contributed by atoms with Gasteiger partial charge in [-0.25, -0.2) is 4.98 Å². The molecule has 0 unspecified atom stereocenters. The summed E-state index contributed by atoms with van der Waals surface area (Å²) in [6.07, 6.45) is 0. The Morgan fingerprint density at radius 2 is 2.21 bits per heavy atom. The standard InChI is InChI=1S/C10H7BrClNS/c1-6-9(11)13-10(14-6)7-3-2-4-8(12)5-7/h2-5H,1H3. The van der Waals surface area contributed by atoms with Crippen LogP contribution in [0.4, 0.5) is 0 Å². The van der Waals surface area contributed by atoms with Gasteiger partial charge in [-0.15, -0.1) is 11.3 Å². The lowest BCUT2D eigenvalue weighted by molar-refractivity contribution is 1.32. The SMILES string of the molecule is Cc1sc(-c2cccc(Cl)c2)nc1Br. The number of halogens is 2. The van der Waals surface area contributed by atoms with Crippen molar-refractivity contribution < 1.29 is 0 Å². The van der Waals surface area contributed by atoms with Crippen LogP contribution in [0.5, 0.6) is 0 Å². The zero-order valence-electron chi connectivity index (χ0n) is 7.42. The topological polar surface area (TPSA) is 12.9 Å². The lowest BCUT2D eigenvalue weighted by Gasteiger charge is -1.95. The second kappa shape index (κ2) is 4.01. The van der Waals surface area contributed by atoms with Gasteiger partial charge in [0.2, 0.25) is 0 Å². The van der Waals surface area contributed by atoms with E-state index in [1.807, 2.05) is 31.2 Å². The van der Waals surface area contributed by atoms with E-state index in [1.54, 1.807) is 11.3 Å². The monoisotopic (exact) mass is 287 g/mol. The van der Waals surface area contributed by atoms with Crippen LogP contribution >= 0.6 is 38.9 Å². The zero-order valence-corrected chi connectivity index (χ0v) is 10.6. The Hall–Kier alpha value is -0.380. The smallest absolute Gasteiger partial charge is 0.124 e. The average molecular weight is 289 g/mol. The van der Waals surface area contributed by atoms with Gasteiger partial charge in [-0.2, -0.15) is 0 Å². The van der Waals surface area contributed by atoms with Gasteiger partial charge in [0.05, 0.1) is 0 Å². The molecular weight excluding hydrogens is 282 g/mol. The lowest BCUT2D eigenvalue weighted by atomic mass is 10.2. The van der Waals surface area contributed by atoms with Crippen LogP contribution in [0.3, 0.4) is 0 Å². The molecule has 0 atom stereocenters. The summed E-state index contributed by atoms with van der Waals surface area (Å²) in [5, 5.41) is 1.74. The molecule has 0 amide bonds. The molecular formula is C10H7BrClNS. The normalized spacial score (nSPS) is 10.5. The Labute approximate surface area is 99.9 Å². The molecule has 0 bridgehead atoms. The van der Waals surface area contributed by atoms with Crippen molar-refractivity contribution in [2.75, 3.05) is 0 Å². The van der Waals surface area contributed by atoms with Crippen LogP contribution < -0.4 is 0 Å². The number of hydrogen-bond donors (Lipinski definition) is 0. The van der Waals surface area contributed by atoms with Gasteiger partial charge in [-0.05, 0) is 35.0 Å². The maximum Gasteiger partial charge on any atom is 0.124 e. The van der Waals surface area contributed by atoms with Gasteiger partial charge in [0.15, 0.2) is 0 Å². The summed E-state index contributed by atoms with van der Waals surface area (Å²) in [6, 6.07) is 7.73. The number of nitrogens with zero attached hydrogens (tertiary/aromatic N) is 1. The van der Waals surface area contributed by atoms with E-state index in [1.165, 1.54) is 4.88 Å². The molecule has 0 N–H and O–H groups in total. The van der Waals surface area contributed by atoms with Crippen LogP contribution in [0, 0.1) is 6.92 Å². The summed E-state index contributed by atoms with van der Waals surface area (Å²) in [5.74, 6) is 0. The fourth-order valence-corrected chi connectivity index (χ4v) is 2.65. The van der Waals surface area contributed by atoms with Crippen molar-refractivity contribution in [3.8, 4) is 10.6 Å². The first-order valence-corrected chi connectivity index (χ1v) is 6.04. The predicted molar refractivity (Wildman–Crippen MR) is 65.0 cm³/mol. The fraction of sp³-hybridized carbons (Fsp3) is 0.100. The van der Waals surface area contributed by atoms with E-state index in [4.69, 9.17) is 11.6 Å². The van der Waals surface area contributed by atoms with Crippen LogP contribution in [-0.2, 0) is 0 Å². The second-order valence-electron chi connectivity index (χ2n) is 2.88. The van der Waals surface area contributed by atoms with E-state index in [0.29, 0.717) is 0 Å². The van der Waals surface area contributed by atoms with E-state index >= 15 is 0 Å². The molecule has 1 aromatic heterocycles. The summed E-state index contributed by atoms with van der Waals surface area (Å²) in [4.78, 5) is 5.58. The molecule has 1 heterocycles. The van der Waals surface area contributed by atoms with Gasteiger partial charge in [-0.1, -0.05) is 23.7 Å². The minimum absolute atomic E-state index is 0.742. The predicted octanol–water partition coefficient (Wildman–Crippen LogP) is 4.53. The Morgan fingerprint density at radius 1 is 1.43 bits per heavy atom.